The number of carbonyl (C=O) groups is 1. The second-order valence-corrected chi connectivity index (χ2v) is 9.04. The van der Waals surface area contributed by atoms with Crippen LogP contribution in [0.2, 0.25) is 0 Å². The second kappa shape index (κ2) is 9.00. The third kappa shape index (κ3) is 4.90. The molecule has 1 saturated carbocycles. The first-order valence-corrected chi connectivity index (χ1v) is 11.1. The van der Waals surface area contributed by atoms with Gasteiger partial charge >= 0.3 is 0 Å². The van der Waals surface area contributed by atoms with E-state index < -0.39 is 0 Å². The van der Waals surface area contributed by atoms with E-state index in [1.54, 1.807) is 12.1 Å². The predicted molar refractivity (Wildman–Crippen MR) is 116 cm³/mol. The number of halogens is 1. The zero-order valence-corrected chi connectivity index (χ0v) is 17.9. The second-order valence-electron chi connectivity index (χ2n) is 7.73. The fourth-order valence-electron chi connectivity index (χ4n) is 3.32. The summed E-state index contributed by atoms with van der Waals surface area (Å²) in [5.41, 5.74) is 2.05. The number of rotatable bonds is 8. The minimum atomic E-state index is -0.335. The average Bonchev–Trinajstić information content (AvgIpc) is 3.52. The lowest BCUT2D eigenvalue weighted by atomic mass is 10.1. The molecule has 156 valence electrons. The summed E-state index contributed by atoms with van der Waals surface area (Å²) in [4.78, 5) is 12.8. The van der Waals surface area contributed by atoms with Gasteiger partial charge < -0.3 is 9.88 Å². The molecule has 0 unspecified atom stereocenters. The lowest BCUT2D eigenvalue weighted by Crippen LogP contribution is -2.33. The molecule has 1 aliphatic rings. The Labute approximate surface area is 180 Å². The molecule has 1 fully saturated rings. The monoisotopic (exact) mass is 424 g/mol. The third-order valence-electron chi connectivity index (χ3n) is 5.25. The van der Waals surface area contributed by atoms with Gasteiger partial charge in [0.1, 0.15) is 11.6 Å². The number of amides is 1. The molecule has 4 rings (SSSR count). The van der Waals surface area contributed by atoms with Gasteiger partial charge in [-0.15, -0.1) is 10.2 Å². The van der Waals surface area contributed by atoms with Crippen LogP contribution in [0.3, 0.4) is 0 Å². The topological polar surface area (TPSA) is 59.8 Å². The summed E-state index contributed by atoms with van der Waals surface area (Å²) < 4.78 is 15.3. The highest BCUT2D eigenvalue weighted by molar-refractivity contribution is 8.00. The standard InChI is InChI=1S/C23H25FN4OS/c1-15(18-10-12-20(24)13-11-18)25-22(29)16(2)30-23-27-26-21(19-8-9-19)28(23)14-17-6-4-3-5-7-17/h3-7,10-13,15-16,19H,8-9,14H2,1-2H3,(H,25,29)/t15-,16-/m1/s1. The molecule has 2 aromatic carbocycles. The Bertz CT molecular complexity index is 1000. The summed E-state index contributed by atoms with van der Waals surface area (Å²) in [6.45, 7) is 4.46. The highest BCUT2D eigenvalue weighted by Crippen LogP contribution is 2.40. The Hall–Kier alpha value is -2.67. The van der Waals surface area contributed by atoms with Crippen molar-refractivity contribution in [2.24, 2.45) is 0 Å². The molecule has 0 saturated heterocycles. The molecule has 1 aromatic heterocycles. The lowest BCUT2D eigenvalue weighted by Gasteiger charge is -2.18. The maximum Gasteiger partial charge on any atom is 0.233 e. The molecule has 7 heteroatoms. The van der Waals surface area contributed by atoms with Crippen LogP contribution in [-0.4, -0.2) is 25.9 Å². The van der Waals surface area contributed by atoms with E-state index in [0.29, 0.717) is 12.5 Å². The van der Waals surface area contributed by atoms with Crippen molar-refractivity contribution in [2.45, 2.75) is 55.6 Å². The highest BCUT2D eigenvalue weighted by atomic mass is 32.2. The van der Waals surface area contributed by atoms with Gasteiger partial charge in [-0.2, -0.15) is 0 Å². The van der Waals surface area contributed by atoms with Gasteiger partial charge in [0, 0.05) is 5.92 Å². The molecule has 5 nitrogen and oxygen atoms in total. The number of thioether (sulfide) groups is 1. The van der Waals surface area contributed by atoms with Crippen LogP contribution in [0.25, 0.3) is 0 Å². The first kappa shape index (κ1) is 20.6. The van der Waals surface area contributed by atoms with Gasteiger partial charge in [-0.3, -0.25) is 4.79 Å². The Morgan fingerprint density at radius 1 is 1.13 bits per heavy atom. The van der Waals surface area contributed by atoms with Gasteiger partial charge in [0.05, 0.1) is 17.8 Å². The van der Waals surface area contributed by atoms with Crippen LogP contribution >= 0.6 is 11.8 Å². The Balaban J connectivity index is 1.45. The minimum Gasteiger partial charge on any atom is -0.349 e. The summed E-state index contributed by atoms with van der Waals surface area (Å²) in [5, 5.41) is 12.3. The number of hydrogen-bond acceptors (Lipinski definition) is 4. The molecule has 30 heavy (non-hydrogen) atoms. The van der Waals surface area contributed by atoms with E-state index in [1.165, 1.54) is 29.5 Å². The van der Waals surface area contributed by atoms with E-state index in [9.17, 15) is 9.18 Å². The molecule has 3 aromatic rings. The zero-order chi connectivity index (χ0) is 21.1. The maximum atomic E-state index is 13.1. The van der Waals surface area contributed by atoms with Gasteiger partial charge in [0.2, 0.25) is 5.91 Å². The van der Waals surface area contributed by atoms with Crippen LogP contribution in [0.1, 0.15) is 55.6 Å². The van der Waals surface area contributed by atoms with E-state index >= 15 is 0 Å². The van der Waals surface area contributed by atoms with Gasteiger partial charge in [-0.25, -0.2) is 4.39 Å². The number of benzene rings is 2. The first-order valence-electron chi connectivity index (χ1n) is 10.2. The summed E-state index contributed by atoms with van der Waals surface area (Å²) in [5.74, 6) is 1.11. The lowest BCUT2D eigenvalue weighted by molar-refractivity contribution is -0.120. The molecule has 0 spiro atoms. The van der Waals surface area contributed by atoms with Crippen molar-refractivity contribution < 1.29 is 9.18 Å². The molecular weight excluding hydrogens is 399 g/mol. The summed E-state index contributed by atoms with van der Waals surface area (Å²) in [7, 11) is 0. The van der Waals surface area contributed by atoms with Crippen LogP contribution in [-0.2, 0) is 11.3 Å². The van der Waals surface area contributed by atoms with Crippen LogP contribution in [0, 0.1) is 5.82 Å². The first-order chi connectivity index (χ1) is 14.5. The summed E-state index contributed by atoms with van der Waals surface area (Å²) in [6.07, 6.45) is 2.28. The number of aromatic nitrogens is 3. The van der Waals surface area contributed by atoms with Crippen LogP contribution in [0.15, 0.2) is 59.8 Å². The van der Waals surface area contributed by atoms with E-state index in [4.69, 9.17) is 0 Å². The molecule has 1 aliphatic carbocycles. The van der Waals surface area contributed by atoms with Crippen LogP contribution in [0.5, 0.6) is 0 Å². The SMILES string of the molecule is C[C@@H](Sc1nnc(C2CC2)n1Cc1ccccc1)C(=O)N[C@H](C)c1ccc(F)cc1. The smallest absolute Gasteiger partial charge is 0.233 e. The van der Waals surface area contributed by atoms with Crippen LogP contribution < -0.4 is 5.32 Å². The van der Waals surface area contributed by atoms with Crippen molar-refractivity contribution in [3.05, 3.63) is 77.4 Å². The van der Waals surface area contributed by atoms with Crippen molar-refractivity contribution in [1.29, 1.82) is 0 Å². The van der Waals surface area contributed by atoms with Gasteiger partial charge in [-0.05, 0) is 49.9 Å². The number of nitrogens with zero attached hydrogens (tertiary/aromatic N) is 3. The van der Waals surface area contributed by atoms with Gasteiger partial charge in [0.15, 0.2) is 5.16 Å². The zero-order valence-electron chi connectivity index (χ0n) is 17.1. The molecule has 1 N–H and O–H groups in total. The molecular formula is C23H25FN4OS. The van der Waals surface area contributed by atoms with Crippen molar-refractivity contribution in [3.8, 4) is 0 Å². The van der Waals surface area contributed by atoms with Gasteiger partial charge in [-0.1, -0.05) is 54.2 Å². The van der Waals surface area contributed by atoms with Crippen LogP contribution in [0.4, 0.5) is 4.39 Å². The number of nitrogens with one attached hydrogen (secondary N) is 1. The van der Waals surface area contributed by atoms with Crippen molar-refractivity contribution in [1.82, 2.24) is 20.1 Å². The number of carbonyl (C=O) groups excluding carboxylic acids is 1. The Morgan fingerprint density at radius 2 is 1.83 bits per heavy atom. The molecule has 0 radical (unpaired) electrons. The maximum absolute atomic E-state index is 13.1. The van der Waals surface area contributed by atoms with Crippen molar-refractivity contribution in [3.63, 3.8) is 0 Å². The fourth-order valence-corrected chi connectivity index (χ4v) is 4.19. The van der Waals surface area contributed by atoms with Crippen molar-refractivity contribution in [2.75, 3.05) is 0 Å². The number of hydrogen-bond donors (Lipinski definition) is 1. The molecule has 0 aliphatic heterocycles. The van der Waals surface area contributed by atoms with E-state index in [2.05, 4.69) is 32.2 Å². The largest absolute Gasteiger partial charge is 0.349 e. The van der Waals surface area contributed by atoms with E-state index in [1.807, 2.05) is 32.0 Å². The highest BCUT2D eigenvalue weighted by Gasteiger charge is 2.31. The minimum absolute atomic E-state index is 0.0842. The fraction of sp³-hybridized carbons (Fsp3) is 0.348. The van der Waals surface area contributed by atoms with E-state index in [-0.39, 0.29) is 23.0 Å². The molecule has 0 bridgehead atoms. The van der Waals surface area contributed by atoms with Gasteiger partial charge in [0.25, 0.3) is 0 Å². The summed E-state index contributed by atoms with van der Waals surface area (Å²) >= 11 is 1.42. The molecule has 2 atom stereocenters. The Morgan fingerprint density at radius 3 is 2.50 bits per heavy atom. The molecule has 1 amide bonds. The summed E-state index contributed by atoms with van der Waals surface area (Å²) in [6, 6.07) is 16.2. The van der Waals surface area contributed by atoms with Crippen molar-refractivity contribution >= 4 is 17.7 Å². The predicted octanol–water partition coefficient (Wildman–Crippen LogP) is 4.70. The van der Waals surface area contributed by atoms with E-state index in [0.717, 1.165) is 29.4 Å². The Kier molecular flexibility index (Phi) is 6.18. The molecule has 1 heterocycles. The average molecular weight is 425 g/mol. The normalized spacial score (nSPS) is 15.6. The quantitative estimate of drug-likeness (QED) is 0.533. The third-order valence-corrected chi connectivity index (χ3v) is 6.33.